The van der Waals surface area contributed by atoms with Gasteiger partial charge in [-0.15, -0.1) is 29.8 Å². The maximum Gasteiger partial charge on any atom is 0.136 e. The Kier molecular flexibility index (Phi) is 6.97. The molecule has 0 spiro atoms. The van der Waals surface area contributed by atoms with Gasteiger partial charge in [0.15, 0.2) is 0 Å². The molecule has 0 unspecified atom stereocenters. The second-order valence-electron chi connectivity index (χ2n) is 7.23. The van der Waals surface area contributed by atoms with Crippen molar-refractivity contribution in [2.45, 2.75) is 0 Å². The molecular formula is C28H20N3OPt-. The number of phenols is 1. The Hall–Kier alpha value is -3.75. The van der Waals surface area contributed by atoms with Gasteiger partial charge in [0.25, 0.3) is 0 Å². The van der Waals surface area contributed by atoms with Crippen molar-refractivity contribution in [2.75, 3.05) is 4.90 Å². The fourth-order valence-corrected chi connectivity index (χ4v) is 3.62. The van der Waals surface area contributed by atoms with Crippen LogP contribution in [0.3, 0.4) is 0 Å². The monoisotopic (exact) mass is 609 g/mol. The predicted molar refractivity (Wildman–Crippen MR) is 128 cm³/mol. The topological polar surface area (TPSA) is 49.2 Å². The summed E-state index contributed by atoms with van der Waals surface area (Å²) in [5.74, 6) is 1.02. The molecule has 1 N–H and O–H groups in total. The molecule has 5 aromatic rings. The fourth-order valence-electron chi connectivity index (χ4n) is 3.62. The standard InChI is InChI=1S/C28H20N3O.Pt/c32-27-17-5-4-14-24(27)26-16-9-15-25(30-26)21-10-8-13-23(20-21)31(22-11-2-1-3-12-22)28-18-6-7-19-29-28;/h1-19,32H;/q-1;. The summed E-state index contributed by atoms with van der Waals surface area (Å²) in [4.78, 5) is 11.4. The molecule has 4 nitrogen and oxygen atoms in total. The van der Waals surface area contributed by atoms with Crippen LogP contribution in [-0.2, 0) is 21.1 Å². The van der Waals surface area contributed by atoms with E-state index in [2.05, 4.69) is 16.0 Å². The van der Waals surface area contributed by atoms with Gasteiger partial charge < -0.3 is 10.0 Å². The van der Waals surface area contributed by atoms with E-state index in [1.165, 1.54) is 0 Å². The normalized spacial score (nSPS) is 10.3. The van der Waals surface area contributed by atoms with Gasteiger partial charge in [0.2, 0.25) is 0 Å². The number of nitrogens with zero attached hydrogens (tertiary/aromatic N) is 3. The van der Waals surface area contributed by atoms with E-state index in [4.69, 9.17) is 4.98 Å². The molecular weight excluding hydrogens is 589 g/mol. The molecule has 2 aromatic heterocycles. The third-order valence-electron chi connectivity index (χ3n) is 5.12. The maximum absolute atomic E-state index is 10.2. The molecule has 0 atom stereocenters. The van der Waals surface area contributed by atoms with Crippen molar-refractivity contribution in [1.82, 2.24) is 9.97 Å². The second-order valence-corrected chi connectivity index (χ2v) is 7.23. The minimum Gasteiger partial charge on any atom is -0.507 e. The number of benzene rings is 3. The van der Waals surface area contributed by atoms with Gasteiger partial charge in [0, 0.05) is 38.5 Å². The Morgan fingerprint density at radius 3 is 2.18 bits per heavy atom. The van der Waals surface area contributed by atoms with Gasteiger partial charge in [-0.3, -0.25) is 4.98 Å². The van der Waals surface area contributed by atoms with E-state index in [-0.39, 0.29) is 26.8 Å². The zero-order valence-electron chi connectivity index (χ0n) is 17.6. The number of rotatable bonds is 5. The Morgan fingerprint density at radius 1 is 0.667 bits per heavy atom. The predicted octanol–water partition coefficient (Wildman–Crippen LogP) is 6.78. The van der Waals surface area contributed by atoms with Crippen LogP contribution in [0.2, 0.25) is 0 Å². The fraction of sp³-hybridized carbons (Fsp3) is 0. The van der Waals surface area contributed by atoms with Crippen molar-refractivity contribution in [3.05, 3.63) is 121 Å². The summed E-state index contributed by atoms with van der Waals surface area (Å²) in [6.07, 6.45) is 1.78. The van der Waals surface area contributed by atoms with E-state index in [0.29, 0.717) is 11.3 Å². The first-order valence-electron chi connectivity index (χ1n) is 10.3. The van der Waals surface area contributed by atoms with E-state index < -0.39 is 0 Å². The van der Waals surface area contributed by atoms with Gasteiger partial charge in [0.05, 0.1) is 5.69 Å². The zero-order chi connectivity index (χ0) is 21.8. The summed E-state index contributed by atoms with van der Waals surface area (Å²) in [7, 11) is 0. The molecule has 0 aliphatic rings. The number of phenolic OH excluding ortho intramolecular Hbond substituents is 1. The molecule has 33 heavy (non-hydrogen) atoms. The minimum atomic E-state index is 0. The van der Waals surface area contributed by atoms with E-state index in [1.54, 1.807) is 18.3 Å². The van der Waals surface area contributed by atoms with Crippen molar-refractivity contribution < 1.29 is 26.2 Å². The number of hydrogen-bond donors (Lipinski definition) is 1. The number of hydrogen-bond acceptors (Lipinski definition) is 4. The number of aromatic hydroxyl groups is 1. The Balaban J connectivity index is 0.00000259. The molecule has 0 aliphatic carbocycles. The average molecular weight is 610 g/mol. The SMILES string of the molecule is Oc1ccccc1-c1cccc(-c2[c-]c(N(c3ccccc3)c3ccccn3)ccc2)n1.[Pt]. The van der Waals surface area contributed by atoms with E-state index in [1.807, 2.05) is 97.1 Å². The first-order chi connectivity index (χ1) is 15.8. The summed E-state index contributed by atoms with van der Waals surface area (Å²) in [6.45, 7) is 0. The van der Waals surface area contributed by atoms with Crippen LogP contribution >= 0.6 is 0 Å². The molecule has 0 saturated carbocycles. The molecule has 164 valence electrons. The third kappa shape index (κ3) is 4.87. The van der Waals surface area contributed by atoms with Crippen LogP contribution in [0, 0.1) is 6.07 Å². The minimum absolute atomic E-state index is 0. The van der Waals surface area contributed by atoms with Crippen molar-refractivity contribution in [3.63, 3.8) is 0 Å². The summed E-state index contributed by atoms with van der Waals surface area (Å²) in [6, 6.07) is 38.5. The van der Waals surface area contributed by atoms with Crippen molar-refractivity contribution in [3.8, 4) is 28.3 Å². The second kappa shape index (κ2) is 10.2. The molecule has 0 radical (unpaired) electrons. The van der Waals surface area contributed by atoms with Crippen LogP contribution in [0.5, 0.6) is 5.75 Å². The van der Waals surface area contributed by atoms with Crippen LogP contribution < -0.4 is 4.90 Å². The Morgan fingerprint density at radius 2 is 1.39 bits per heavy atom. The quantitative estimate of drug-likeness (QED) is 0.223. The van der Waals surface area contributed by atoms with Crippen molar-refractivity contribution >= 4 is 17.2 Å². The van der Waals surface area contributed by atoms with Gasteiger partial charge in [0.1, 0.15) is 11.6 Å². The van der Waals surface area contributed by atoms with Crippen LogP contribution in [0.1, 0.15) is 0 Å². The summed E-state index contributed by atoms with van der Waals surface area (Å²) in [5.41, 5.74) is 4.91. The van der Waals surface area contributed by atoms with Crippen LogP contribution in [-0.4, -0.2) is 15.1 Å². The number of para-hydroxylation sites is 2. The molecule has 2 heterocycles. The first kappa shape index (κ1) is 22.4. The Labute approximate surface area is 207 Å². The van der Waals surface area contributed by atoms with Crippen LogP contribution in [0.25, 0.3) is 22.5 Å². The maximum atomic E-state index is 10.2. The van der Waals surface area contributed by atoms with Crippen LogP contribution in [0.15, 0.2) is 115 Å². The summed E-state index contributed by atoms with van der Waals surface area (Å²) < 4.78 is 0. The summed E-state index contributed by atoms with van der Waals surface area (Å²) >= 11 is 0. The van der Waals surface area contributed by atoms with Gasteiger partial charge >= 0.3 is 0 Å². The molecule has 0 bridgehead atoms. The number of anilines is 3. The average Bonchev–Trinajstić information content (AvgIpc) is 2.86. The third-order valence-corrected chi connectivity index (χ3v) is 5.12. The molecule has 0 amide bonds. The molecule has 3 aromatic carbocycles. The zero-order valence-corrected chi connectivity index (χ0v) is 19.8. The first-order valence-corrected chi connectivity index (χ1v) is 10.3. The van der Waals surface area contributed by atoms with E-state index in [9.17, 15) is 5.11 Å². The molecule has 0 aliphatic heterocycles. The molecule has 5 rings (SSSR count). The largest absolute Gasteiger partial charge is 0.507 e. The van der Waals surface area contributed by atoms with Gasteiger partial charge in [-0.05, 0) is 53.8 Å². The molecule has 0 saturated heterocycles. The molecule has 5 heteroatoms. The van der Waals surface area contributed by atoms with Gasteiger partial charge in [-0.2, -0.15) is 0 Å². The molecule has 0 fully saturated rings. The van der Waals surface area contributed by atoms with Gasteiger partial charge in [-0.1, -0.05) is 48.5 Å². The Bertz CT molecular complexity index is 1300. The summed E-state index contributed by atoms with van der Waals surface area (Å²) in [5, 5.41) is 10.2. The smallest absolute Gasteiger partial charge is 0.136 e. The number of aromatic nitrogens is 2. The van der Waals surface area contributed by atoms with Gasteiger partial charge in [-0.25, -0.2) is 4.98 Å². The van der Waals surface area contributed by atoms with Crippen molar-refractivity contribution in [1.29, 1.82) is 0 Å². The van der Waals surface area contributed by atoms with E-state index in [0.717, 1.165) is 28.5 Å². The van der Waals surface area contributed by atoms with E-state index >= 15 is 0 Å². The van der Waals surface area contributed by atoms with Crippen molar-refractivity contribution in [2.24, 2.45) is 0 Å². The number of pyridine rings is 2. The van der Waals surface area contributed by atoms with Crippen LogP contribution in [0.4, 0.5) is 17.2 Å².